The Morgan fingerprint density at radius 2 is 2.50 bits per heavy atom. The van der Waals surface area contributed by atoms with Gasteiger partial charge in [0.1, 0.15) is 6.07 Å². The Morgan fingerprint density at radius 3 is 2.80 bits per heavy atom. The summed E-state index contributed by atoms with van der Waals surface area (Å²) in [5.74, 6) is 0. The SMILES string of the molecule is N#Cc1csc(C=O)c1Cl. The molecule has 0 saturated carbocycles. The third-order valence-electron chi connectivity index (χ3n) is 0.984. The first-order valence-corrected chi connectivity index (χ1v) is 3.67. The molecule has 0 aliphatic rings. The summed E-state index contributed by atoms with van der Waals surface area (Å²) in [7, 11) is 0. The lowest BCUT2D eigenvalue weighted by Gasteiger charge is -1.80. The van der Waals surface area contributed by atoms with Gasteiger partial charge in [0.25, 0.3) is 0 Å². The maximum Gasteiger partial charge on any atom is 0.161 e. The van der Waals surface area contributed by atoms with Crippen molar-refractivity contribution in [2.75, 3.05) is 0 Å². The monoisotopic (exact) mass is 171 g/mol. The van der Waals surface area contributed by atoms with Gasteiger partial charge in [0, 0.05) is 5.38 Å². The third-order valence-corrected chi connectivity index (χ3v) is 2.41. The van der Waals surface area contributed by atoms with Gasteiger partial charge in [-0.25, -0.2) is 0 Å². The molecule has 0 bridgehead atoms. The van der Waals surface area contributed by atoms with E-state index in [9.17, 15) is 4.79 Å². The molecule has 0 spiro atoms. The normalized spacial score (nSPS) is 8.80. The highest BCUT2D eigenvalue weighted by Gasteiger charge is 2.06. The first kappa shape index (κ1) is 7.26. The Kier molecular flexibility index (Phi) is 2.05. The van der Waals surface area contributed by atoms with Crippen molar-refractivity contribution in [3.05, 3.63) is 20.8 Å². The second kappa shape index (κ2) is 2.82. The summed E-state index contributed by atoms with van der Waals surface area (Å²) in [6.45, 7) is 0. The third kappa shape index (κ3) is 1.04. The summed E-state index contributed by atoms with van der Waals surface area (Å²) in [6.07, 6.45) is 0.647. The minimum atomic E-state index is 0.266. The highest BCUT2D eigenvalue weighted by atomic mass is 35.5. The molecule has 0 radical (unpaired) electrons. The Balaban J connectivity index is 3.24. The van der Waals surface area contributed by atoms with Crippen molar-refractivity contribution in [2.24, 2.45) is 0 Å². The number of rotatable bonds is 1. The van der Waals surface area contributed by atoms with E-state index >= 15 is 0 Å². The lowest BCUT2D eigenvalue weighted by molar-refractivity contribution is 0.112. The molecule has 1 rings (SSSR count). The van der Waals surface area contributed by atoms with Crippen LogP contribution in [0.1, 0.15) is 15.2 Å². The van der Waals surface area contributed by atoms with Crippen LogP contribution >= 0.6 is 22.9 Å². The van der Waals surface area contributed by atoms with E-state index in [4.69, 9.17) is 16.9 Å². The zero-order chi connectivity index (χ0) is 7.56. The summed E-state index contributed by atoms with van der Waals surface area (Å²) in [5.41, 5.74) is 0.369. The van der Waals surface area contributed by atoms with Crippen molar-refractivity contribution in [1.82, 2.24) is 0 Å². The summed E-state index contributed by atoms with van der Waals surface area (Å²) < 4.78 is 0. The van der Waals surface area contributed by atoms with E-state index in [-0.39, 0.29) is 5.02 Å². The van der Waals surface area contributed by atoms with Crippen molar-refractivity contribution in [1.29, 1.82) is 5.26 Å². The number of hydrogen-bond donors (Lipinski definition) is 0. The molecule has 0 atom stereocenters. The van der Waals surface area contributed by atoms with Gasteiger partial charge in [0.15, 0.2) is 6.29 Å². The predicted molar refractivity (Wildman–Crippen MR) is 39.4 cm³/mol. The Hall–Kier alpha value is -0.850. The largest absolute Gasteiger partial charge is 0.297 e. The van der Waals surface area contributed by atoms with E-state index in [1.807, 2.05) is 6.07 Å². The second-order valence-corrected chi connectivity index (χ2v) is 2.85. The molecule has 0 unspecified atom stereocenters. The van der Waals surface area contributed by atoms with Crippen LogP contribution in [0.25, 0.3) is 0 Å². The van der Waals surface area contributed by atoms with Gasteiger partial charge in [0.2, 0.25) is 0 Å². The van der Waals surface area contributed by atoms with E-state index < -0.39 is 0 Å². The maximum absolute atomic E-state index is 10.2. The molecule has 50 valence electrons. The molecular weight excluding hydrogens is 170 g/mol. The van der Waals surface area contributed by atoms with Crippen molar-refractivity contribution in [3.63, 3.8) is 0 Å². The van der Waals surface area contributed by atoms with E-state index in [2.05, 4.69) is 0 Å². The summed E-state index contributed by atoms with van der Waals surface area (Å²) in [6, 6.07) is 1.87. The van der Waals surface area contributed by atoms with Gasteiger partial charge in [0.05, 0.1) is 15.5 Å². The zero-order valence-corrected chi connectivity index (χ0v) is 6.37. The molecule has 0 saturated heterocycles. The van der Waals surface area contributed by atoms with Crippen LogP contribution in [0.2, 0.25) is 5.02 Å². The fraction of sp³-hybridized carbons (Fsp3) is 0. The molecule has 0 aliphatic heterocycles. The van der Waals surface area contributed by atoms with Gasteiger partial charge >= 0.3 is 0 Å². The number of carbonyl (C=O) groups is 1. The quantitative estimate of drug-likeness (QED) is 0.607. The molecule has 2 nitrogen and oxygen atoms in total. The molecule has 1 aromatic heterocycles. The van der Waals surface area contributed by atoms with Crippen LogP contribution < -0.4 is 0 Å². The lowest BCUT2D eigenvalue weighted by atomic mass is 10.3. The predicted octanol–water partition coefficient (Wildman–Crippen LogP) is 2.09. The van der Waals surface area contributed by atoms with Crippen molar-refractivity contribution >= 4 is 29.2 Å². The van der Waals surface area contributed by atoms with Crippen LogP contribution in [0.4, 0.5) is 0 Å². The standard InChI is InChI=1S/C6H2ClNOS/c7-6-4(1-8)3-10-5(6)2-9/h2-3H. The van der Waals surface area contributed by atoms with Crippen molar-refractivity contribution in [2.45, 2.75) is 0 Å². The van der Waals surface area contributed by atoms with Gasteiger partial charge in [-0.15, -0.1) is 11.3 Å². The maximum atomic E-state index is 10.2. The van der Waals surface area contributed by atoms with Crippen LogP contribution in [0.5, 0.6) is 0 Å². The Labute approximate surface area is 66.7 Å². The number of nitrogens with zero attached hydrogens (tertiary/aromatic N) is 1. The number of nitriles is 1. The van der Waals surface area contributed by atoms with E-state index in [0.717, 1.165) is 0 Å². The smallest absolute Gasteiger partial charge is 0.161 e. The lowest BCUT2D eigenvalue weighted by Crippen LogP contribution is -1.72. The molecule has 0 fully saturated rings. The van der Waals surface area contributed by atoms with Crippen LogP contribution in [0.15, 0.2) is 5.38 Å². The van der Waals surface area contributed by atoms with Crippen LogP contribution in [-0.2, 0) is 0 Å². The van der Waals surface area contributed by atoms with E-state index in [0.29, 0.717) is 16.7 Å². The zero-order valence-electron chi connectivity index (χ0n) is 4.80. The minimum Gasteiger partial charge on any atom is -0.297 e. The molecule has 1 heterocycles. The van der Waals surface area contributed by atoms with Gasteiger partial charge in [-0.05, 0) is 0 Å². The first-order valence-electron chi connectivity index (χ1n) is 2.42. The summed E-state index contributed by atoms with van der Waals surface area (Å²) in [5, 5.41) is 10.2. The number of carbonyl (C=O) groups excluding carboxylic acids is 1. The molecule has 4 heteroatoms. The first-order chi connectivity index (χ1) is 4.79. The Bertz CT molecular complexity index is 299. The van der Waals surface area contributed by atoms with E-state index in [1.165, 1.54) is 11.3 Å². The molecular formula is C6H2ClNOS. The molecule has 1 aromatic rings. The summed E-state index contributed by atoms with van der Waals surface area (Å²) >= 11 is 6.76. The molecule has 0 aromatic carbocycles. The molecule has 0 amide bonds. The van der Waals surface area contributed by atoms with Crippen LogP contribution in [0, 0.1) is 11.3 Å². The summed E-state index contributed by atoms with van der Waals surface area (Å²) in [4.78, 5) is 10.6. The molecule has 10 heavy (non-hydrogen) atoms. The van der Waals surface area contributed by atoms with Gasteiger partial charge in [-0.3, -0.25) is 4.79 Å². The fourth-order valence-corrected chi connectivity index (χ4v) is 1.54. The van der Waals surface area contributed by atoms with Crippen molar-refractivity contribution in [3.8, 4) is 6.07 Å². The van der Waals surface area contributed by atoms with Crippen molar-refractivity contribution < 1.29 is 4.79 Å². The molecule has 0 aliphatic carbocycles. The number of aldehydes is 1. The van der Waals surface area contributed by atoms with Crippen LogP contribution in [0.3, 0.4) is 0 Å². The van der Waals surface area contributed by atoms with Gasteiger partial charge in [-0.1, -0.05) is 11.6 Å². The van der Waals surface area contributed by atoms with Gasteiger partial charge in [-0.2, -0.15) is 5.26 Å². The van der Waals surface area contributed by atoms with Gasteiger partial charge < -0.3 is 0 Å². The second-order valence-electron chi connectivity index (χ2n) is 1.56. The Morgan fingerprint density at radius 1 is 1.80 bits per heavy atom. The van der Waals surface area contributed by atoms with Crippen LogP contribution in [-0.4, -0.2) is 6.29 Å². The average molecular weight is 172 g/mol. The highest BCUT2D eigenvalue weighted by molar-refractivity contribution is 7.12. The topological polar surface area (TPSA) is 40.9 Å². The molecule has 0 N–H and O–H groups in total. The fourth-order valence-electron chi connectivity index (χ4n) is 0.514. The van der Waals surface area contributed by atoms with E-state index in [1.54, 1.807) is 5.38 Å². The number of halogens is 1. The average Bonchev–Trinajstić information content (AvgIpc) is 2.30. The minimum absolute atomic E-state index is 0.266. The highest BCUT2D eigenvalue weighted by Crippen LogP contribution is 2.25. The number of thiophene rings is 1. The number of hydrogen-bond acceptors (Lipinski definition) is 3.